The van der Waals surface area contributed by atoms with Crippen molar-refractivity contribution in [2.45, 2.75) is 19.4 Å². The number of hydrogen-bond donors (Lipinski definition) is 1. The van der Waals surface area contributed by atoms with Gasteiger partial charge in [-0.3, -0.25) is 9.59 Å². The lowest BCUT2D eigenvalue weighted by molar-refractivity contribution is -0.157. The molecule has 0 aromatic heterocycles. The van der Waals surface area contributed by atoms with Gasteiger partial charge in [-0.05, 0) is 13.3 Å². The van der Waals surface area contributed by atoms with Crippen LogP contribution in [0.1, 0.15) is 13.3 Å². The Kier molecular flexibility index (Phi) is 0.948. The summed E-state index contributed by atoms with van der Waals surface area (Å²) in [6.45, 7) is 1.74. The Balaban J connectivity index is 2.33. The molecule has 1 aliphatic carbocycles. The minimum atomic E-state index is -1.15. The van der Waals surface area contributed by atoms with E-state index in [-0.39, 0.29) is 12.0 Å². The zero-order chi connectivity index (χ0) is 8.22. The number of hydrogen-bond acceptors (Lipinski definition) is 3. The Labute approximate surface area is 63.1 Å². The maximum atomic E-state index is 11.0. The number of carbonyl (C=O) groups is 2. The zero-order valence-corrected chi connectivity index (χ0v) is 6.03. The minimum absolute atomic E-state index is 0.0764. The van der Waals surface area contributed by atoms with Crippen molar-refractivity contribution in [2.75, 3.05) is 0 Å². The highest BCUT2D eigenvalue weighted by atomic mass is 16.6. The molecule has 2 rings (SSSR count). The van der Waals surface area contributed by atoms with E-state index in [0.717, 1.165) is 0 Å². The standard InChI is InChI=1S/C7H8O4/c1-3-4-2-7(4,5(8)9)6(10)11-3/h3-4H,2H2,1H3,(H,8,9). The molecule has 0 amide bonds. The van der Waals surface area contributed by atoms with Crippen molar-refractivity contribution in [1.29, 1.82) is 0 Å². The van der Waals surface area contributed by atoms with Crippen LogP contribution in [0.15, 0.2) is 0 Å². The smallest absolute Gasteiger partial charge is 0.324 e. The number of aliphatic carboxylic acids is 1. The number of fused-ring (bicyclic) bond motifs is 1. The molecule has 1 aliphatic heterocycles. The predicted octanol–water partition coefficient (Wildman–Crippen LogP) is 0.0226. The normalized spacial score (nSPS) is 46.5. The Bertz CT molecular complexity index is 247. The van der Waals surface area contributed by atoms with E-state index in [4.69, 9.17) is 9.84 Å². The van der Waals surface area contributed by atoms with Crippen molar-refractivity contribution in [3.05, 3.63) is 0 Å². The van der Waals surface area contributed by atoms with E-state index >= 15 is 0 Å². The van der Waals surface area contributed by atoms with E-state index in [1.165, 1.54) is 0 Å². The van der Waals surface area contributed by atoms with Gasteiger partial charge in [0, 0.05) is 5.92 Å². The highest BCUT2D eigenvalue weighted by Crippen LogP contribution is 2.60. The van der Waals surface area contributed by atoms with Gasteiger partial charge in [-0.25, -0.2) is 0 Å². The average molecular weight is 156 g/mol. The van der Waals surface area contributed by atoms with Gasteiger partial charge in [-0.1, -0.05) is 0 Å². The summed E-state index contributed by atoms with van der Waals surface area (Å²) in [6, 6.07) is 0. The molecule has 1 heterocycles. The molecule has 4 nitrogen and oxygen atoms in total. The first-order valence-corrected chi connectivity index (χ1v) is 3.53. The minimum Gasteiger partial charge on any atom is -0.480 e. The van der Waals surface area contributed by atoms with E-state index in [2.05, 4.69) is 0 Å². The van der Waals surface area contributed by atoms with Crippen LogP contribution in [0.2, 0.25) is 0 Å². The van der Waals surface area contributed by atoms with Gasteiger partial charge in [-0.15, -0.1) is 0 Å². The van der Waals surface area contributed by atoms with E-state index in [1.54, 1.807) is 6.92 Å². The fraction of sp³-hybridized carbons (Fsp3) is 0.714. The third-order valence-electron chi connectivity index (χ3n) is 2.62. The molecule has 3 unspecified atom stereocenters. The van der Waals surface area contributed by atoms with Gasteiger partial charge in [0.2, 0.25) is 0 Å². The zero-order valence-electron chi connectivity index (χ0n) is 6.03. The summed E-state index contributed by atoms with van der Waals surface area (Å²) in [5, 5.41) is 8.70. The summed E-state index contributed by atoms with van der Waals surface area (Å²) in [4.78, 5) is 21.6. The Morgan fingerprint density at radius 2 is 2.45 bits per heavy atom. The maximum Gasteiger partial charge on any atom is 0.324 e. The second kappa shape index (κ2) is 1.57. The van der Waals surface area contributed by atoms with Crippen LogP contribution >= 0.6 is 0 Å². The number of esters is 1. The quantitative estimate of drug-likeness (QED) is 0.429. The molecule has 4 heteroatoms. The number of carbonyl (C=O) groups excluding carboxylic acids is 1. The van der Waals surface area contributed by atoms with Crippen LogP contribution in [-0.2, 0) is 14.3 Å². The fourth-order valence-corrected chi connectivity index (χ4v) is 1.78. The van der Waals surface area contributed by atoms with Gasteiger partial charge in [0.05, 0.1) is 0 Å². The summed E-state index contributed by atoms with van der Waals surface area (Å²) < 4.78 is 4.77. The molecule has 0 spiro atoms. The monoisotopic (exact) mass is 156 g/mol. The van der Waals surface area contributed by atoms with Crippen molar-refractivity contribution in [3.63, 3.8) is 0 Å². The molecule has 1 N–H and O–H groups in total. The van der Waals surface area contributed by atoms with Gasteiger partial charge in [0.1, 0.15) is 6.10 Å². The average Bonchev–Trinajstić information content (AvgIpc) is 2.56. The largest absolute Gasteiger partial charge is 0.480 e. The molecule has 0 aromatic carbocycles. The molecule has 3 atom stereocenters. The lowest BCUT2D eigenvalue weighted by Crippen LogP contribution is -2.24. The van der Waals surface area contributed by atoms with Gasteiger partial charge in [0.15, 0.2) is 5.41 Å². The lowest BCUT2D eigenvalue weighted by atomic mass is 10.1. The van der Waals surface area contributed by atoms with Crippen molar-refractivity contribution >= 4 is 11.9 Å². The topological polar surface area (TPSA) is 63.6 Å². The van der Waals surface area contributed by atoms with Crippen molar-refractivity contribution in [3.8, 4) is 0 Å². The lowest BCUT2D eigenvalue weighted by Gasteiger charge is -2.03. The summed E-state index contributed by atoms with van der Waals surface area (Å²) in [5.74, 6) is -1.66. The Morgan fingerprint density at radius 1 is 1.82 bits per heavy atom. The highest BCUT2D eigenvalue weighted by Gasteiger charge is 2.74. The van der Waals surface area contributed by atoms with Crippen LogP contribution in [0.25, 0.3) is 0 Å². The molecule has 1 saturated carbocycles. The number of cyclic esters (lactones) is 1. The van der Waals surface area contributed by atoms with Gasteiger partial charge in [0.25, 0.3) is 0 Å². The SMILES string of the molecule is CC1OC(=O)C2(C(=O)O)CC12. The third kappa shape index (κ3) is 0.552. The number of rotatable bonds is 1. The summed E-state index contributed by atoms with van der Waals surface area (Å²) >= 11 is 0. The second-order valence-electron chi connectivity index (χ2n) is 3.20. The molecular formula is C7H8O4. The molecule has 2 fully saturated rings. The molecular weight excluding hydrogens is 148 g/mol. The fourth-order valence-electron chi connectivity index (χ4n) is 1.78. The Hall–Kier alpha value is -1.06. The van der Waals surface area contributed by atoms with Crippen molar-refractivity contribution < 1.29 is 19.4 Å². The molecule has 0 aromatic rings. The van der Waals surface area contributed by atoms with E-state index in [9.17, 15) is 9.59 Å². The maximum absolute atomic E-state index is 11.0. The molecule has 2 aliphatic rings. The van der Waals surface area contributed by atoms with Crippen LogP contribution < -0.4 is 0 Å². The van der Waals surface area contributed by atoms with E-state index in [1.807, 2.05) is 0 Å². The van der Waals surface area contributed by atoms with Gasteiger partial charge < -0.3 is 9.84 Å². The van der Waals surface area contributed by atoms with Crippen LogP contribution in [0.3, 0.4) is 0 Å². The first-order valence-electron chi connectivity index (χ1n) is 3.53. The number of carboxylic acid groups (broad SMARTS) is 1. The second-order valence-corrected chi connectivity index (χ2v) is 3.20. The molecule has 60 valence electrons. The molecule has 1 saturated heterocycles. The van der Waals surface area contributed by atoms with Gasteiger partial charge in [-0.2, -0.15) is 0 Å². The number of ether oxygens (including phenoxy) is 1. The van der Waals surface area contributed by atoms with Crippen molar-refractivity contribution in [2.24, 2.45) is 11.3 Å². The first kappa shape index (κ1) is 6.64. The van der Waals surface area contributed by atoms with Gasteiger partial charge >= 0.3 is 11.9 Å². The van der Waals surface area contributed by atoms with Crippen LogP contribution in [-0.4, -0.2) is 23.1 Å². The third-order valence-corrected chi connectivity index (χ3v) is 2.62. The predicted molar refractivity (Wildman–Crippen MR) is 33.7 cm³/mol. The first-order chi connectivity index (χ1) is 5.09. The summed E-state index contributed by atoms with van der Waals surface area (Å²) in [7, 11) is 0. The van der Waals surface area contributed by atoms with Crippen LogP contribution in [0.5, 0.6) is 0 Å². The number of carboxylic acids is 1. The van der Waals surface area contributed by atoms with Crippen molar-refractivity contribution in [1.82, 2.24) is 0 Å². The Morgan fingerprint density at radius 3 is 2.64 bits per heavy atom. The van der Waals surface area contributed by atoms with Crippen LogP contribution in [0, 0.1) is 11.3 Å². The molecule has 0 radical (unpaired) electrons. The molecule has 11 heavy (non-hydrogen) atoms. The summed E-state index contributed by atoms with van der Waals surface area (Å²) in [5.41, 5.74) is -1.15. The molecule has 0 bridgehead atoms. The highest BCUT2D eigenvalue weighted by molar-refractivity contribution is 6.04. The van der Waals surface area contributed by atoms with E-state index < -0.39 is 17.4 Å². The van der Waals surface area contributed by atoms with Crippen LogP contribution in [0.4, 0.5) is 0 Å². The summed E-state index contributed by atoms with van der Waals surface area (Å²) in [6.07, 6.45) is 0.251. The van der Waals surface area contributed by atoms with E-state index in [0.29, 0.717) is 6.42 Å².